The maximum Gasteiger partial charge on any atom is 0.0736 e. The molecule has 2 aliphatic rings. The van der Waals surface area contributed by atoms with Crippen LogP contribution in [0.15, 0.2) is 161 Å². The third kappa shape index (κ3) is 3.35. The third-order valence-corrected chi connectivity index (χ3v) is 11.4. The van der Waals surface area contributed by atoms with Gasteiger partial charge in [0, 0.05) is 14.8 Å². The standard InChI is InChI=1S/C43H25ClS/c44-27-24-35(26-21-22-32-30-13-2-1-11-28(30)29-12-3-4-14-31(29)36(32)23-26)42-40(25-27)43(39-19-9-10-20-41(39)45-42)37-17-7-5-15-33(37)34-16-6-8-18-38(34)43/h1-25H. The fraction of sp³-hybridized carbons (Fsp3) is 0.0233. The molecule has 0 saturated carbocycles. The van der Waals surface area contributed by atoms with E-state index in [1.807, 2.05) is 11.8 Å². The summed E-state index contributed by atoms with van der Waals surface area (Å²) >= 11 is 9.03. The van der Waals surface area contributed by atoms with E-state index >= 15 is 0 Å². The number of fused-ring (bicyclic) bond motifs is 15. The Labute approximate surface area is 270 Å². The molecule has 8 aromatic rings. The van der Waals surface area contributed by atoms with Gasteiger partial charge in [0.25, 0.3) is 0 Å². The van der Waals surface area contributed by atoms with Crippen LogP contribution in [0.4, 0.5) is 0 Å². The Bertz CT molecular complexity index is 2460. The Morgan fingerprint density at radius 2 is 0.911 bits per heavy atom. The number of hydrogen-bond acceptors (Lipinski definition) is 1. The second-order valence-corrected chi connectivity index (χ2v) is 13.6. The molecule has 0 aromatic heterocycles. The molecule has 0 N–H and O–H groups in total. The van der Waals surface area contributed by atoms with Crippen LogP contribution in [0, 0.1) is 0 Å². The number of benzene rings is 8. The van der Waals surface area contributed by atoms with Gasteiger partial charge in [-0.1, -0.05) is 151 Å². The molecule has 10 rings (SSSR count). The van der Waals surface area contributed by atoms with Crippen LogP contribution in [0.3, 0.4) is 0 Å². The average Bonchev–Trinajstić information content (AvgIpc) is 3.39. The van der Waals surface area contributed by atoms with Gasteiger partial charge in [0.15, 0.2) is 0 Å². The summed E-state index contributed by atoms with van der Waals surface area (Å²) in [5, 5.41) is 8.44. The summed E-state index contributed by atoms with van der Waals surface area (Å²) in [5.74, 6) is 0. The van der Waals surface area contributed by atoms with E-state index in [4.69, 9.17) is 11.6 Å². The second kappa shape index (κ2) is 9.34. The monoisotopic (exact) mass is 608 g/mol. The zero-order valence-corrected chi connectivity index (χ0v) is 25.8. The normalized spacial score (nSPS) is 14.0. The van der Waals surface area contributed by atoms with E-state index in [0.29, 0.717) is 0 Å². The molecule has 1 aliphatic heterocycles. The summed E-state index contributed by atoms with van der Waals surface area (Å²) in [5.41, 5.74) is 9.73. The van der Waals surface area contributed by atoms with Crippen LogP contribution >= 0.6 is 23.4 Å². The maximum absolute atomic E-state index is 7.16. The summed E-state index contributed by atoms with van der Waals surface area (Å²) in [6.07, 6.45) is 0. The van der Waals surface area contributed by atoms with Crippen LogP contribution in [-0.2, 0) is 5.41 Å². The highest BCUT2D eigenvalue weighted by Crippen LogP contribution is 2.63. The van der Waals surface area contributed by atoms with Crippen molar-refractivity contribution in [3.05, 3.63) is 179 Å². The van der Waals surface area contributed by atoms with E-state index in [2.05, 4.69) is 152 Å². The molecule has 0 nitrogen and oxygen atoms in total. The summed E-state index contributed by atoms with van der Waals surface area (Å²) < 4.78 is 0. The molecule has 1 heterocycles. The highest BCUT2D eigenvalue weighted by molar-refractivity contribution is 7.99. The highest BCUT2D eigenvalue weighted by atomic mass is 35.5. The van der Waals surface area contributed by atoms with Crippen molar-refractivity contribution in [1.29, 1.82) is 0 Å². The molecule has 1 spiro atoms. The van der Waals surface area contributed by atoms with Gasteiger partial charge >= 0.3 is 0 Å². The minimum Gasteiger partial charge on any atom is -0.0887 e. The summed E-state index contributed by atoms with van der Waals surface area (Å²) in [7, 11) is 0. The fourth-order valence-corrected chi connectivity index (χ4v) is 9.73. The van der Waals surface area contributed by atoms with Crippen molar-refractivity contribution in [1.82, 2.24) is 0 Å². The van der Waals surface area contributed by atoms with Crippen molar-refractivity contribution in [3.8, 4) is 22.3 Å². The second-order valence-electron chi connectivity index (χ2n) is 12.1. The first kappa shape index (κ1) is 25.5. The molecule has 0 bridgehead atoms. The summed E-state index contributed by atoms with van der Waals surface area (Å²) in [4.78, 5) is 2.56. The average molecular weight is 609 g/mol. The number of halogens is 1. The Hall–Kier alpha value is -4.82. The fourth-order valence-electron chi connectivity index (χ4n) is 8.21. The Kier molecular flexibility index (Phi) is 5.30. The van der Waals surface area contributed by atoms with Gasteiger partial charge in [0.1, 0.15) is 0 Å². The van der Waals surface area contributed by atoms with Crippen LogP contribution in [-0.4, -0.2) is 0 Å². The minimum absolute atomic E-state index is 0.455. The predicted molar refractivity (Wildman–Crippen MR) is 191 cm³/mol. The van der Waals surface area contributed by atoms with Crippen molar-refractivity contribution in [3.63, 3.8) is 0 Å². The number of hydrogen-bond donors (Lipinski definition) is 0. The third-order valence-electron chi connectivity index (χ3n) is 9.97. The topological polar surface area (TPSA) is 0 Å². The van der Waals surface area contributed by atoms with Gasteiger partial charge in [-0.15, -0.1) is 0 Å². The quantitative estimate of drug-likeness (QED) is 0.167. The van der Waals surface area contributed by atoms with Gasteiger partial charge in [-0.2, -0.15) is 0 Å². The zero-order valence-electron chi connectivity index (χ0n) is 24.2. The van der Waals surface area contributed by atoms with Crippen molar-refractivity contribution < 1.29 is 0 Å². The first-order valence-corrected chi connectivity index (χ1v) is 16.6. The lowest BCUT2D eigenvalue weighted by Gasteiger charge is -2.40. The molecule has 0 saturated heterocycles. The van der Waals surface area contributed by atoms with E-state index < -0.39 is 5.41 Å². The lowest BCUT2D eigenvalue weighted by Crippen LogP contribution is -2.32. The molecule has 0 atom stereocenters. The van der Waals surface area contributed by atoms with Gasteiger partial charge in [0.2, 0.25) is 0 Å². The Morgan fingerprint density at radius 3 is 1.56 bits per heavy atom. The lowest BCUT2D eigenvalue weighted by molar-refractivity contribution is 0.723. The van der Waals surface area contributed by atoms with Crippen LogP contribution in [0.25, 0.3) is 54.6 Å². The molecule has 0 unspecified atom stereocenters. The Morgan fingerprint density at radius 1 is 0.400 bits per heavy atom. The van der Waals surface area contributed by atoms with Gasteiger partial charge in [-0.05, 0) is 101 Å². The lowest BCUT2D eigenvalue weighted by atomic mass is 9.67. The molecule has 8 aromatic carbocycles. The van der Waals surface area contributed by atoms with Crippen LogP contribution < -0.4 is 0 Å². The highest BCUT2D eigenvalue weighted by Gasteiger charge is 2.50. The van der Waals surface area contributed by atoms with E-state index in [-0.39, 0.29) is 0 Å². The molecular formula is C43H25ClS. The van der Waals surface area contributed by atoms with Crippen LogP contribution in [0.1, 0.15) is 22.3 Å². The van der Waals surface area contributed by atoms with E-state index in [1.54, 1.807) is 0 Å². The molecule has 45 heavy (non-hydrogen) atoms. The predicted octanol–water partition coefficient (Wildman–Crippen LogP) is 12.3. The Balaban J connectivity index is 1.32. The van der Waals surface area contributed by atoms with Crippen molar-refractivity contribution >= 4 is 55.7 Å². The smallest absolute Gasteiger partial charge is 0.0736 e. The maximum atomic E-state index is 7.16. The van der Waals surface area contributed by atoms with Gasteiger partial charge in [-0.25, -0.2) is 0 Å². The van der Waals surface area contributed by atoms with Crippen LogP contribution in [0.5, 0.6) is 0 Å². The molecule has 2 heteroatoms. The largest absolute Gasteiger partial charge is 0.0887 e. The van der Waals surface area contributed by atoms with Crippen LogP contribution in [0.2, 0.25) is 5.02 Å². The van der Waals surface area contributed by atoms with Crippen molar-refractivity contribution in [2.75, 3.05) is 0 Å². The minimum atomic E-state index is -0.455. The molecule has 1 aliphatic carbocycles. The molecule has 0 radical (unpaired) electrons. The summed E-state index contributed by atoms with van der Waals surface area (Å²) in [6, 6.07) is 55.8. The van der Waals surface area contributed by atoms with E-state index in [0.717, 1.165) is 5.02 Å². The van der Waals surface area contributed by atoms with Gasteiger partial charge < -0.3 is 0 Å². The van der Waals surface area contributed by atoms with Gasteiger partial charge in [0.05, 0.1) is 5.41 Å². The van der Waals surface area contributed by atoms with Gasteiger partial charge in [-0.3, -0.25) is 0 Å². The zero-order chi connectivity index (χ0) is 29.7. The molecule has 210 valence electrons. The first-order chi connectivity index (χ1) is 22.2. The van der Waals surface area contributed by atoms with Crippen molar-refractivity contribution in [2.45, 2.75) is 15.2 Å². The summed E-state index contributed by atoms with van der Waals surface area (Å²) in [6.45, 7) is 0. The SMILES string of the molecule is Clc1cc(-c2ccc3c4ccccc4c4ccccc4c3c2)c2c(c1)C1(c3ccccc3S2)c2ccccc2-c2ccccc21. The molecule has 0 amide bonds. The first-order valence-electron chi connectivity index (χ1n) is 15.4. The number of rotatable bonds is 1. The van der Waals surface area contributed by atoms with Crippen molar-refractivity contribution in [2.24, 2.45) is 0 Å². The molecular weight excluding hydrogens is 584 g/mol. The van der Waals surface area contributed by atoms with E-state index in [9.17, 15) is 0 Å². The molecule has 0 fully saturated rings. The van der Waals surface area contributed by atoms with E-state index in [1.165, 1.54) is 86.6 Å².